The fourth-order valence-corrected chi connectivity index (χ4v) is 2.43. The highest BCUT2D eigenvalue weighted by atomic mass is 35.5. The van der Waals surface area contributed by atoms with E-state index in [1.807, 2.05) is 12.1 Å². The predicted octanol–water partition coefficient (Wildman–Crippen LogP) is 3.81. The minimum atomic E-state index is 0.521. The zero-order valence-electron chi connectivity index (χ0n) is 9.33. The highest BCUT2D eigenvalue weighted by Crippen LogP contribution is 2.29. The Balaban J connectivity index is 2.13. The summed E-state index contributed by atoms with van der Waals surface area (Å²) >= 11 is 5.89. The number of nitrogens with zero attached hydrogens (tertiary/aromatic N) is 1. The Morgan fingerprint density at radius 1 is 1.44 bits per heavy atom. The molecule has 0 bridgehead atoms. The maximum Gasteiger partial charge on any atom is 0.101 e. The highest BCUT2D eigenvalue weighted by molar-refractivity contribution is 6.31. The minimum absolute atomic E-state index is 0.521. The average molecular weight is 235 g/mol. The van der Waals surface area contributed by atoms with Crippen LogP contribution in [-0.2, 0) is 0 Å². The molecule has 0 saturated heterocycles. The largest absolute Gasteiger partial charge is 0.382 e. The van der Waals surface area contributed by atoms with Crippen molar-refractivity contribution in [2.24, 2.45) is 5.92 Å². The van der Waals surface area contributed by atoms with E-state index in [1.165, 1.54) is 19.3 Å². The molecule has 0 aliphatic heterocycles. The Kier molecular flexibility index (Phi) is 3.36. The lowest BCUT2D eigenvalue weighted by atomic mass is 10.1. The van der Waals surface area contributed by atoms with E-state index in [0.717, 1.165) is 5.69 Å². The standard InChI is InChI=1S/C13H15ClN2/c1-9-3-2-4-13(9)16-11-5-6-12(14)10(7-11)8-15/h5-7,9,13,16H,2-4H2,1H3. The summed E-state index contributed by atoms with van der Waals surface area (Å²) < 4.78 is 0. The molecule has 1 aliphatic rings. The molecule has 0 aromatic heterocycles. The molecule has 1 N–H and O–H groups in total. The van der Waals surface area contributed by atoms with Gasteiger partial charge in [-0.3, -0.25) is 0 Å². The van der Waals surface area contributed by atoms with Crippen LogP contribution in [0, 0.1) is 17.2 Å². The fourth-order valence-electron chi connectivity index (χ4n) is 2.27. The fraction of sp³-hybridized carbons (Fsp3) is 0.462. The number of halogens is 1. The van der Waals surface area contributed by atoms with Crippen molar-refractivity contribution in [3.63, 3.8) is 0 Å². The van der Waals surface area contributed by atoms with Crippen LogP contribution in [0.15, 0.2) is 18.2 Å². The van der Waals surface area contributed by atoms with Gasteiger partial charge in [0, 0.05) is 11.7 Å². The molecule has 84 valence electrons. The Hall–Kier alpha value is -1.20. The van der Waals surface area contributed by atoms with Crippen LogP contribution in [0.5, 0.6) is 0 Å². The van der Waals surface area contributed by atoms with E-state index in [-0.39, 0.29) is 0 Å². The van der Waals surface area contributed by atoms with Gasteiger partial charge >= 0.3 is 0 Å². The number of benzene rings is 1. The van der Waals surface area contributed by atoms with Crippen molar-refractivity contribution in [3.05, 3.63) is 28.8 Å². The minimum Gasteiger partial charge on any atom is -0.382 e. The van der Waals surface area contributed by atoms with Gasteiger partial charge < -0.3 is 5.32 Å². The van der Waals surface area contributed by atoms with E-state index in [0.29, 0.717) is 22.5 Å². The molecular weight excluding hydrogens is 220 g/mol. The van der Waals surface area contributed by atoms with Gasteiger partial charge in [0.15, 0.2) is 0 Å². The summed E-state index contributed by atoms with van der Waals surface area (Å²) in [6.45, 7) is 2.27. The third kappa shape index (κ3) is 2.31. The number of nitriles is 1. The van der Waals surface area contributed by atoms with Gasteiger partial charge in [-0.05, 0) is 37.0 Å². The van der Waals surface area contributed by atoms with Crippen molar-refractivity contribution >= 4 is 17.3 Å². The average Bonchev–Trinajstić information content (AvgIpc) is 2.67. The van der Waals surface area contributed by atoms with E-state index >= 15 is 0 Å². The second-order valence-electron chi connectivity index (χ2n) is 4.47. The Labute approximate surface area is 101 Å². The number of hydrogen-bond acceptors (Lipinski definition) is 2. The predicted molar refractivity (Wildman–Crippen MR) is 66.6 cm³/mol. The first-order chi connectivity index (χ1) is 7.70. The van der Waals surface area contributed by atoms with E-state index in [1.54, 1.807) is 6.07 Å². The lowest BCUT2D eigenvalue weighted by Crippen LogP contribution is -2.21. The zero-order chi connectivity index (χ0) is 11.5. The first-order valence-electron chi connectivity index (χ1n) is 5.67. The lowest BCUT2D eigenvalue weighted by molar-refractivity contribution is 0.556. The second kappa shape index (κ2) is 4.76. The molecule has 1 aromatic rings. The first kappa shape index (κ1) is 11.3. The summed E-state index contributed by atoms with van der Waals surface area (Å²) in [7, 11) is 0. The maximum atomic E-state index is 8.89. The van der Waals surface area contributed by atoms with E-state index in [4.69, 9.17) is 16.9 Å². The molecular formula is C13H15ClN2. The van der Waals surface area contributed by atoms with Crippen LogP contribution in [0.4, 0.5) is 5.69 Å². The SMILES string of the molecule is CC1CCCC1Nc1ccc(Cl)c(C#N)c1. The molecule has 0 amide bonds. The maximum absolute atomic E-state index is 8.89. The van der Waals surface area contributed by atoms with Crippen molar-refractivity contribution in [3.8, 4) is 6.07 Å². The third-order valence-electron chi connectivity index (χ3n) is 3.30. The number of nitrogens with one attached hydrogen (secondary N) is 1. The van der Waals surface area contributed by atoms with Crippen molar-refractivity contribution < 1.29 is 0 Å². The van der Waals surface area contributed by atoms with Gasteiger partial charge in [-0.2, -0.15) is 5.26 Å². The van der Waals surface area contributed by atoms with Gasteiger partial charge in [-0.1, -0.05) is 24.9 Å². The molecule has 0 spiro atoms. The van der Waals surface area contributed by atoms with Crippen molar-refractivity contribution in [1.82, 2.24) is 0 Å². The summed E-state index contributed by atoms with van der Waals surface area (Å²) in [5.41, 5.74) is 1.54. The second-order valence-corrected chi connectivity index (χ2v) is 4.87. The van der Waals surface area contributed by atoms with Crippen LogP contribution in [0.25, 0.3) is 0 Å². The molecule has 1 saturated carbocycles. The molecule has 2 rings (SSSR count). The van der Waals surface area contributed by atoms with Gasteiger partial charge in [0.1, 0.15) is 6.07 Å². The summed E-state index contributed by atoms with van der Waals surface area (Å²) in [6, 6.07) is 8.18. The molecule has 1 aliphatic carbocycles. The third-order valence-corrected chi connectivity index (χ3v) is 3.63. The van der Waals surface area contributed by atoms with Crippen molar-refractivity contribution in [1.29, 1.82) is 5.26 Å². The zero-order valence-corrected chi connectivity index (χ0v) is 10.1. The Morgan fingerprint density at radius 2 is 2.25 bits per heavy atom. The topological polar surface area (TPSA) is 35.8 Å². The first-order valence-corrected chi connectivity index (χ1v) is 6.04. The Morgan fingerprint density at radius 3 is 2.88 bits per heavy atom. The summed E-state index contributed by atoms with van der Waals surface area (Å²) in [5.74, 6) is 0.709. The van der Waals surface area contributed by atoms with E-state index in [9.17, 15) is 0 Å². The van der Waals surface area contributed by atoms with E-state index < -0.39 is 0 Å². The molecule has 0 radical (unpaired) electrons. The molecule has 1 aromatic carbocycles. The van der Waals surface area contributed by atoms with Crippen molar-refractivity contribution in [2.45, 2.75) is 32.2 Å². The van der Waals surface area contributed by atoms with Gasteiger partial charge in [-0.15, -0.1) is 0 Å². The van der Waals surface area contributed by atoms with Crippen LogP contribution in [0.2, 0.25) is 5.02 Å². The normalized spacial score (nSPS) is 24.1. The molecule has 0 heterocycles. The molecule has 2 unspecified atom stereocenters. The molecule has 3 heteroatoms. The molecule has 1 fully saturated rings. The van der Waals surface area contributed by atoms with Crippen LogP contribution in [0.1, 0.15) is 31.7 Å². The monoisotopic (exact) mass is 234 g/mol. The smallest absolute Gasteiger partial charge is 0.101 e. The van der Waals surface area contributed by atoms with Gasteiger partial charge in [0.25, 0.3) is 0 Å². The summed E-state index contributed by atoms with van der Waals surface area (Å²) in [5, 5.41) is 12.9. The van der Waals surface area contributed by atoms with Crippen LogP contribution in [-0.4, -0.2) is 6.04 Å². The summed E-state index contributed by atoms with van der Waals surface area (Å²) in [4.78, 5) is 0. The molecule has 2 atom stereocenters. The number of rotatable bonds is 2. The van der Waals surface area contributed by atoms with Crippen molar-refractivity contribution in [2.75, 3.05) is 5.32 Å². The van der Waals surface area contributed by atoms with Crippen LogP contribution < -0.4 is 5.32 Å². The van der Waals surface area contributed by atoms with Crippen LogP contribution >= 0.6 is 11.6 Å². The van der Waals surface area contributed by atoms with E-state index in [2.05, 4.69) is 18.3 Å². The highest BCUT2D eigenvalue weighted by Gasteiger charge is 2.22. The Bertz CT molecular complexity index is 422. The lowest BCUT2D eigenvalue weighted by Gasteiger charge is -2.18. The number of hydrogen-bond donors (Lipinski definition) is 1. The molecule has 16 heavy (non-hydrogen) atoms. The number of anilines is 1. The van der Waals surface area contributed by atoms with Crippen LogP contribution in [0.3, 0.4) is 0 Å². The van der Waals surface area contributed by atoms with Gasteiger partial charge in [0.2, 0.25) is 0 Å². The molecule has 2 nitrogen and oxygen atoms in total. The quantitative estimate of drug-likeness (QED) is 0.845. The van der Waals surface area contributed by atoms with Gasteiger partial charge in [-0.25, -0.2) is 0 Å². The summed E-state index contributed by atoms with van der Waals surface area (Å²) in [6.07, 6.45) is 3.79. The van der Waals surface area contributed by atoms with Gasteiger partial charge in [0.05, 0.1) is 10.6 Å².